The van der Waals surface area contributed by atoms with Gasteiger partial charge in [0.15, 0.2) is 6.10 Å². The van der Waals surface area contributed by atoms with Gasteiger partial charge in [-0.3, -0.25) is 4.79 Å². The molecule has 2 aromatic rings. The van der Waals surface area contributed by atoms with Crippen molar-refractivity contribution in [2.75, 3.05) is 18.4 Å². The molecule has 0 aliphatic carbocycles. The zero-order valence-electron chi connectivity index (χ0n) is 15.6. The van der Waals surface area contributed by atoms with E-state index in [0.717, 1.165) is 12.8 Å². The zero-order valence-corrected chi connectivity index (χ0v) is 17.2. The number of nitrogens with zero attached hydrogens (tertiary/aromatic N) is 1. The molecule has 1 fully saturated rings. The third-order valence-corrected chi connectivity index (χ3v) is 6.71. The van der Waals surface area contributed by atoms with Gasteiger partial charge in [-0.15, -0.1) is 0 Å². The molecule has 2 aromatic carbocycles. The van der Waals surface area contributed by atoms with Crippen molar-refractivity contribution in [2.45, 2.75) is 37.2 Å². The average Bonchev–Trinajstić information content (AvgIpc) is 3.22. The molecule has 28 heavy (non-hydrogen) atoms. The van der Waals surface area contributed by atoms with Crippen LogP contribution in [-0.2, 0) is 14.8 Å². The number of nitrogens with one attached hydrogen (secondary N) is 1. The molecule has 0 spiro atoms. The lowest BCUT2D eigenvalue weighted by molar-refractivity contribution is -0.122. The molecule has 1 aliphatic rings. The molecule has 8 heteroatoms. The van der Waals surface area contributed by atoms with Gasteiger partial charge in [-0.05, 0) is 61.7 Å². The first-order valence-electron chi connectivity index (χ1n) is 9.23. The largest absolute Gasteiger partial charge is 0.481 e. The van der Waals surface area contributed by atoms with Gasteiger partial charge in [0, 0.05) is 23.8 Å². The first-order valence-corrected chi connectivity index (χ1v) is 11.1. The lowest BCUT2D eigenvalue weighted by Crippen LogP contribution is -2.32. The van der Waals surface area contributed by atoms with Crippen LogP contribution in [0.2, 0.25) is 5.02 Å². The Morgan fingerprint density at radius 2 is 1.86 bits per heavy atom. The fraction of sp³-hybridized carbons (Fsp3) is 0.350. The highest BCUT2D eigenvalue weighted by Gasteiger charge is 2.27. The Bertz CT molecular complexity index is 925. The summed E-state index contributed by atoms with van der Waals surface area (Å²) >= 11 is 5.95. The van der Waals surface area contributed by atoms with Gasteiger partial charge in [-0.25, -0.2) is 8.42 Å². The third-order valence-electron chi connectivity index (χ3n) is 4.56. The fourth-order valence-electron chi connectivity index (χ4n) is 3.04. The third kappa shape index (κ3) is 4.84. The number of halogens is 1. The Labute approximate surface area is 170 Å². The summed E-state index contributed by atoms with van der Waals surface area (Å²) in [5.74, 6) is 0.208. The van der Waals surface area contributed by atoms with E-state index >= 15 is 0 Å². The Kier molecular flexibility index (Phi) is 6.59. The maximum atomic E-state index is 12.6. The second-order valence-electron chi connectivity index (χ2n) is 6.60. The first kappa shape index (κ1) is 20.6. The van der Waals surface area contributed by atoms with Crippen LogP contribution in [0.15, 0.2) is 53.4 Å². The molecule has 6 nitrogen and oxygen atoms in total. The highest BCUT2D eigenvalue weighted by Crippen LogP contribution is 2.23. The van der Waals surface area contributed by atoms with E-state index in [1.54, 1.807) is 36.4 Å². The van der Waals surface area contributed by atoms with Crippen LogP contribution in [-0.4, -0.2) is 37.8 Å². The summed E-state index contributed by atoms with van der Waals surface area (Å²) < 4.78 is 32.3. The first-order chi connectivity index (χ1) is 13.4. The van der Waals surface area contributed by atoms with Crippen molar-refractivity contribution in [3.05, 3.63) is 53.6 Å². The van der Waals surface area contributed by atoms with E-state index in [2.05, 4.69) is 5.32 Å². The molecule has 1 N–H and O–H groups in total. The van der Waals surface area contributed by atoms with E-state index in [1.807, 2.05) is 6.92 Å². The molecular formula is C20H23ClN2O4S. The van der Waals surface area contributed by atoms with Crippen LogP contribution in [0.1, 0.15) is 26.2 Å². The van der Waals surface area contributed by atoms with Crippen LogP contribution in [0.4, 0.5) is 5.69 Å². The van der Waals surface area contributed by atoms with E-state index in [9.17, 15) is 13.2 Å². The van der Waals surface area contributed by atoms with E-state index in [-0.39, 0.29) is 10.8 Å². The van der Waals surface area contributed by atoms with Crippen LogP contribution >= 0.6 is 11.6 Å². The number of hydrogen-bond donors (Lipinski definition) is 1. The number of carbonyl (C=O) groups excluding carboxylic acids is 1. The van der Waals surface area contributed by atoms with Crippen molar-refractivity contribution in [3.63, 3.8) is 0 Å². The number of rotatable bonds is 7. The number of ether oxygens (including phenoxy) is 1. The highest BCUT2D eigenvalue weighted by molar-refractivity contribution is 7.89. The molecule has 1 atom stereocenters. The Morgan fingerprint density at radius 3 is 2.46 bits per heavy atom. The molecule has 0 aromatic heterocycles. The van der Waals surface area contributed by atoms with Crippen molar-refractivity contribution < 1.29 is 17.9 Å². The summed E-state index contributed by atoms with van der Waals surface area (Å²) in [6, 6.07) is 13.1. The summed E-state index contributed by atoms with van der Waals surface area (Å²) in [6.07, 6.45) is 1.56. The fourth-order valence-corrected chi connectivity index (χ4v) is 4.73. The molecule has 1 amide bonds. The van der Waals surface area contributed by atoms with E-state index in [4.69, 9.17) is 16.3 Å². The normalized spacial score (nSPS) is 15.9. The lowest BCUT2D eigenvalue weighted by Gasteiger charge is -2.18. The average molecular weight is 423 g/mol. The molecule has 3 rings (SSSR count). The minimum absolute atomic E-state index is 0.231. The Morgan fingerprint density at radius 1 is 1.18 bits per heavy atom. The summed E-state index contributed by atoms with van der Waals surface area (Å²) in [5.41, 5.74) is 0.513. The lowest BCUT2D eigenvalue weighted by atomic mass is 10.2. The van der Waals surface area contributed by atoms with Crippen molar-refractivity contribution >= 4 is 33.2 Å². The molecule has 1 heterocycles. The molecule has 0 unspecified atom stereocenters. The van der Waals surface area contributed by atoms with Crippen molar-refractivity contribution in [2.24, 2.45) is 0 Å². The SMILES string of the molecule is CC[C@@H](Oc1cccc(Cl)c1)C(=O)Nc1ccc(S(=O)(=O)N2CCCC2)cc1. The Hall–Kier alpha value is -2.09. The molecule has 1 saturated heterocycles. The molecule has 1 aliphatic heterocycles. The second kappa shape index (κ2) is 8.94. The van der Waals surface area contributed by atoms with E-state index < -0.39 is 16.1 Å². The van der Waals surface area contributed by atoms with Gasteiger partial charge < -0.3 is 10.1 Å². The number of amides is 1. The molecule has 150 valence electrons. The highest BCUT2D eigenvalue weighted by atomic mass is 35.5. The Balaban J connectivity index is 1.66. The van der Waals surface area contributed by atoms with Crippen molar-refractivity contribution in [1.82, 2.24) is 4.31 Å². The zero-order chi connectivity index (χ0) is 20.1. The number of hydrogen-bond acceptors (Lipinski definition) is 4. The molecule has 0 bridgehead atoms. The van der Waals surface area contributed by atoms with E-state index in [1.165, 1.54) is 16.4 Å². The quantitative estimate of drug-likeness (QED) is 0.733. The minimum atomic E-state index is -3.47. The van der Waals surface area contributed by atoms with Gasteiger partial charge in [-0.2, -0.15) is 4.31 Å². The predicted molar refractivity (Wildman–Crippen MR) is 109 cm³/mol. The van der Waals surface area contributed by atoms with Gasteiger partial charge >= 0.3 is 0 Å². The van der Waals surface area contributed by atoms with Crippen LogP contribution in [0.3, 0.4) is 0 Å². The van der Waals surface area contributed by atoms with Gasteiger partial charge in [0.25, 0.3) is 5.91 Å². The molecule has 0 radical (unpaired) electrons. The van der Waals surface area contributed by atoms with Gasteiger partial charge in [-0.1, -0.05) is 24.6 Å². The number of anilines is 1. The van der Waals surface area contributed by atoms with Crippen LogP contribution in [0.25, 0.3) is 0 Å². The number of carbonyl (C=O) groups is 1. The molecule has 0 saturated carbocycles. The van der Waals surface area contributed by atoms with Crippen molar-refractivity contribution in [3.8, 4) is 5.75 Å². The van der Waals surface area contributed by atoms with Crippen LogP contribution in [0.5, 0.6) is 5.75 Å². The number of sulfonamides is 1. The van der Waals surface area contributed by atoms with Gasteiger partial charge in [0.1, 0.15) is 5.75 Å². The summed E-state index contributed by atoms with van der Waals surface area (Å²) in [4.78, 5) is 12.8. The predicted octanol–water partition coefficient (Wildman–Crippen LogP) is 3.92. The van der Waals surface area contributed by atoms with Crippen LogP contribution < -0.4 is 10.1 Å². The summed E-state index contributed by atoms with van der Waals surface area (Å²) in [5, 5.41) is 3.30. The topological polar surface area (TPSA) is 75.7 Å². The summed E-state index contributed by atoms with van der Waals surface area (Å²) in [7, 11) is -3.47. The van der Waals surface area contributed by atoms with Crippen LogP contribution in [0, 0.1) is 0 Å². The maximum absolute atomic E-state index is 12.6. The number of benzene rings is 2. The van der Waals surface area contributed by atoms with Gasteiger partial charge in [0.2, 0.25) is 10.0 Å². The second-order valence-corrected chi connectivity index (χ2v) is 8.97. The van der Waals surface area contributed by atoms with E-state index in [0.29, 0.717) is 36.0 Å². The molecular weight excluding hydrogens is 400 g/mol. The smallest absolute Gasteiger partial charge is 0.265 e. The standard InChI is InChI=1S/C20H23ClN2O4S/c1-2-19(27-17-7-5-6-15(21)14-17)20(24)22-16-8-10-18(11-9-16)28(25,26)23-12-3-4-13-23/h5-11,14,19H,2-4,12-13H2,1H3,(H,22,24)/t19-/m1/s1. The van der Waals surface area contributed by atoms with Gasteiger partial charge in [0.05, 0.1) is 4.90 Å². The monoisotopic (exact) mass is 422 g/mol. The minimum Gasteiger partial charge on any atom is -0.481 e. The maximum Gasteiger partial charge on any atom is 0.265 e. The summed E-state index contributed by atoms with van der Waals surface area (Å²) in [6.45, 7) is 2.96. The van der Waals surface area contributed by atoms with Crippen molar-refractivity contribution in [1.29, 1.82) is 0 Å².